The average Bonchev–Trinajstić information content (AvgIpc) is 2.55. The molecule has 0 radical (unpaired) electrons. The molecule has 0 amide bonds. The molecule has 1 rings (SSSR count). The van der Waals surface area contributed by atoms with Crippen molar-refractivity contribution in [3.05, 3.63) is 34.4 Å². The lowest BCUT2D eigenvalue weighted by molar-refractivity contribution is 0.650. The highest BCUT2D eigenvalue weighted by molar-refractivity contribution is 5.41. The SMILES string of the molecule is CCCCCc1cc(CCCCC)c(CC)c(C(C)CCC)c1. The van der Waals surface area contributed by atoms with Gasteiger partial charge in [0.05, 0.1) is 0 Å². The molecular weight excluding hydrogens is 276 g/mol. The molecular formula is C23H40. The standard InChI is InChI=1S/C23H40/c1-6-10-12-15-20-17-21(16-13-11-7-2)22(9-4)23(18-20)19(5)14-8-3/h17-19H,6-16H2,1-5H3. The fourth-order valence-electron chi connectivity index (χ4n) is 3.80. The van der Waals surface area contributed by atoms with Crippen molar-refractivity contribution in [1.29, 1.82) is 0 Å². The van der Waals surface area contributed by atoms with Gasteiger partial charge in [0.2, 0.25) is 0 Å². The molecule has 1 aromatic carbocycles. The topological polar surface area (TPSA) is 0 Å². The minimum absolute atomic E-state index is 0.714. The van der Waals surface area contributed by atoms with Crippen LogP contribution in [0.5, 0.6) is 0 Å². The van der Waals surface area contributed by atoms with Crippen LogP contribution in [0.25, 0.3) is 0 Å². The first kappa shape index (κ1) is 20.3. The van der Waals surface area contributed by atoms with Crippen molar-refractivity contribution >= 4 is 0 Å². The zero-order chi connectivity index (χ0) is 17.1. The molecule has 0 spiro atoms. The molecule has 132 valence electrons. The Labute approximate surface area is 146 Å². The van der Waals surface area contributed by atoms with Crippen LogP contribution in [0.3, 0.4) is 0 Å². The van der Waals surface area contributed by atoms with Crippen molar-refractivity contribution in [2.75, 3.05) is 0 Å². The van der Waals surface area contributed by atoms with E-state index in [0.29, 0.717) is 5.92 Å². The van der Waals surface area contributed by atoms with Gasteiger partial charge in [-0.15, -0.1) is 0 Å². The molecule has 1 unspecified atom stereocenters. The summed E-state index contributed by atoms with van der Waals surface area (Å²) in [6.45, 7) is 11.7. The van der Waals surface area contributed by atoms with Crippen LogP contribution in [-0.2, 0) is 19.3 Å². The highest BCUT2D eigenvalue weighted by atomic mass is 14.2. The molecule has 0 aliphatic carbocycles. The first-order valence-electron chi connectivity index (χ1n) is 10.3. The van der Waals surface area contributed by atoms with E-state index in [0.717, 1.165) is 0 Å². The summed E-state index contributed by atoms with van der Waals surface area (Å²) in [5, 5.41) is 0. The van der Waals surface area contributed by atoms with E-state index in [2.05, 4.69) is 46.8 Å². The van der Waals surface area contributed by atoms with Gasteiger partial charge >= 0.3 is 0 Å². The van der Waals surface area contributed by atoms with Gasteiger partial charge < -0.3 is 0 Å². The fourth-order valence-corrected chi connectivity index (χ4v) is 3.80. The number of rotatable bonds is 12. The largest absolute Gasteiger partial charge is 0.0654 e. The van der Waals surface area contributed by atoms with Crippen LogP contribution in [0.15, 0.2) is 12.1 Å². The van der Waals surface area contributed by atoms with E-state index < -0.39 is 0 Å². The van der Waals surface area contributed by atoms with E-state index in [1.54, 1.807) is 22.3 Å². The minimum atomic E-state index is 0.714. The predicted octanol–water partition coefficient (Wildman–Crippen LogP) is 7.62. The van der Waals surface area contributed by atoms with Crippen LogP contribution in [0.4, 0.5) is 0 Å². The van der Waals surface area contributed by atoms with Gasteiger partial charge in [-0.1, -0.05) is 78.9 Å². The predicted molar refractivity (Wildman–Crippen MR) is 106 cm³/mol. The molecule has 0 saturated carbocycles. The maximum Gasteiger partial charge on any atom is -0.0188 e. The van der Waals surface area contributed by atoms with Crippen LogP contribution in [0.1, 0.15) is 114 Å². The van der Waals surface area contributed by atoms with Crippen molar-refractivity contribution < 1.29 is 0 Å². The summed E-state index contributed by atoms with van der Waals surface area (Å²) in [7, 11) is 0. The smallest absolute Gasteiger partial charge is 0.0188 e. The Morgan fingerprint density at radius 2 is 1.43 bits per heavy atom. The molecule has 0 heteroatoms. The molecule has 0 N–H and O–H groups in total. The second-order valence-corrected chi connectivity index (χ2v) is 7.28. The normalized spacial score (nSPS) is 12.6. The maximum absolute atomic E-state index is 2.55. The summed E-state index contributed by atoms with van der Waals surface area (Å²) < 4.78 is 0. The van der Waals surface area contributed by atoms with Gasteiger partial charge in [-0.2, -0.15) is 0 Å². The van der Waals surface area contributed by atoms with E-state index in [4.69, 9.17) is 0 Å². The van der Waals surface area contributed by atoms with Crippen LogP contribution < -0.4 is 0 Å². The van der Waals surface area contributed by atoms with Gasteiger partial charge in [0.15, 0.2) is 0 Å². The quantitative estimate of drug-likeness (QED) is 0.348. The van der Waals surface area contributed by atoms with Gasteiger partial charge in [0.1, 0.15) is 0 Å². The molecule has 0 nitrogen and oxygen atoms in total. The second-order valence-electron chi connectivity index (χ2n) is 7.28. The van der Waals surface area contributed by atoms with E-state index in [9.17, 15) is 0 Å². The molecule has 23 heavy (non-hydrogen) atoms. The third-order valence-corrected chi connectivity index (χ3v) is 5.16. The Bertz CT molecular complexity index is 430. The van der Waals surface area contributed by atoms with E-state index >= 15 is 0 Å². The van der Waals surface area contributed by atoms with Crippen molar-refractivity contribution in [2.45, 2.75) is 111 Å². The van der Waals surface area contributed by atoms with Crippen molar-refractivity contribution in [1.82, 2.24) is 0 Å². The number of aryl methyl sites for hydroxylation is 2. The number of hydrogen-bond donors (Lipinski definition) is 0. The molecule has 0 bridgehead atoms. The summed E-state index contributed by atoms with van der Waals surface area (Å²) in [6, 6.07) is 5.10. The van der Waals surface area contributed by atoms with Gasteiger partial charge in [-0.3, -0.25) is 0 Å². The Kier molecular flexibility index (Phi) is 10.3. The highest BCUT2D eigenvalue weighted by Crippen LogP contribution is 2.30. The number of benzene rings is 1. The minimum Gasteiger partial charge on any atom is -0.0654 e. The third kappa shape index (κ3) is 6.69. The highest BCUT2D eigenvalue weighted by Gasteiger charge is 2.14. The van der Waals surface area contributed by atoms with Gasteiger partial charge in [-0.05, 0) is 66.7 Å². The monoisotopic (exact) mass is 316 g/mol. The van der Waals surface area contributed by atoms with Crippen molar-refractivity contribution in [2.24, 2.45) is 0 Å². The number of hydrogen-bond acceptors (Lipinski definition) is 0. The summed E-state index contributed by atoms with van der Waals surface area (Å²) in [4.78, 5) is 0. The molecule has 0 aliphatic heterocycles. The van der Waals surface area contributed by atoms with Crippen LogP contribution in [-0.4, -0.2) is 0 Å². The van der Waals surface area contributed by atoms with Crippen LogP contribution in [0, 0.1) is 0 Å². The lowest BCUT2D eigenvalue weighted by Crippen LogP contribution is -2.06. The molecule has 1 aromatic rings. The molecule has 0 aromatic heterocycles. The van der Waals surface area contributed by atoms with E-state index in [1.165, 1.54) is 70.6 Å². The maximum atomic E-state index is 2.55. The zero-order valence-electron chi connectivity index (χ0n) is 16.5. The average molecular weight is 317 g/mol. The van der Waals surface area contributed by atoms with Gasteiger partial charge in [0.25, 0.3) is 0 Å². The number of unbranched alkanes of at least 4 members (excludes halogenated alkanes) is 4. The zero-order valence-corrected chi connectivity index (χ0v) is 16.5. The van der Waals surface area contributed by atoms with E-state index in [-0.39, 0.29) is 0 Å². The van der Waals surface area contributed by atoms with Gasteiger partial charge in [0, 0.05) is 0 Å². The summed E-state index contributed by atoms with van der Waals surface area (Å²) in [5.74, 6) is 0.714. The molecule has 0 heterocycles. The summed E-state index contributed by atoms with van der Waals surface area (Å²) >= 11 is 0. The van der Waals surface area contributed by atoms with Crippen LogP contribution in [0.2, 0.25) is 0 Å². The summed E-state index contributed by atoms with van der Waals surface area (Å²) in [6.07, 6.45) is 14.4. The van der Waals surface area contributed by atoms with E-state index in [1.807, 2.05) is 0 Å². The Hall–Kier alpha value is -0.780. The fraction of sp³-hybridized carbons (Fsp3) is 0.739. The van der Waals surface area contributed by atoms with Gasteiger partial charge in [-0.25, -0.2) is 0 Å². The Morgan fingerprint density at radius 1 is 0.783 bits per heavy atom. The first-order valence-corrected chi connectivity index (χ1v) is 10.3. The second kappa shape index (κ2) is 11.7. The van der Waals surface area contributed by atoms with Crippen molar-refractivity contribution in [3.63, 3.8) is 0 Å². The Balaban J connectivity index is 3.06. The summed E-state index contributed by atoms with van der Waals surface area (Å²) in [5.41, 5.74) is 6.59. The molecule has 0 aliphatic rings. The molecule has 0 saturated heterocycles. The molecule has 0 fully saturated rings. The molecule has 1 atom stereocenters. The lowest BCUT2D eigenvalue weighted by atomic mass is 9.84. The van der Waals surface area contributed by atoms with Crippen LogP contribution >= 0.6 is 0 Å². The Morgan fingerprint density at radius 3 is 2.00 bits per heavy atom. The first-order chi connectivity index (χ1) is 11.2. The third-order valence-electron chi connectivity index (χ3n) is 5.16. The lowest BCUT2D eigenvalue weighted by Gasteiger charge is -2.21. The van der Waals surface area contributed by atoms with Crippen molar-refractivity contribution in [3.8, 4) is 0 Å².